The van der Waals surface area contributed by atoms with Crippen LogP contribution in [0.3, 0.4) is 0 Å². The molecule has 0 aromatic carbocycles. The van der Waals surface area contributed by atoms with Crippen molar-refractivity contribution in [1.29, 1.82) is 0 Å². The molecule has 0 radical (unpaired) electrons. The molecule has 4 aliphatic heterocycles. The number of aliphatic hydroxyl groups excluding tert-OH is 16. The number of aliphatic hydroxyl groups is 16. The van der Waals surface area contributed by atoms with Crippen LogP contribution in [-0.2, 0) is 57.1 Å². The van der Waals surface area contributed by atoms with Gasteiger partial charge in [-0.05, 0) is 0 Å². The fraction of sp³-hybridized carbons (Fsp3) is 0.897. The smallest absolute Gasteiger partial charge is 0.364 e. The molecule has 32 heteroatoms. The van der Waals surface area contributed by atoms with Gasteiger partial charge in [0.05, 0.1) is 57.8 Å². The third-order valence-corrected chi connectivity index (χ3v) is 12.2. The summed E-state index contributed by atoms with van der Waals surface area (Å²) in [4.78, 5) is 49.3. The molecule has 71 heavy (non-hydrogen) atoms. The summed E-state index contributed by atoms with van der Waals surface area (Å²) >= 11 is 0. The molecule has 20 N–H and O–H groups in total. The lowest BCUT2D eigenvalue weighted by Gasteiger charge is -2.49. The molecule has 25 atom stereocenters. The largest absolute Gasteiger partial charge is 0.477 e. The normalized spacial score (nSPS) is 40.3. The fourth-order valence-electron chi connectivity index (χ4n) is 8.43. The van der Waals surface area contributed by atoms with Gasteiger partial charge in [-0.2, -0.15) is 0 Å². The van der Waals surface area contributed by atoms with E-state index >= 15 is 0 Å². The molecule has 0 spiro atoms. The Labute approximate surface area is 402 Å². The van der Waals surface area contributed by atoms with Gasteiger partial charge in [0, 0.05) is 27.2 Å². The van der Waals surface area contributed by atoms with Gasteiger partial charge in [0.1, 0.15) is 110 Å². The van der Waals surface area contributed by atoms with Crippen LogP contribution in [0.15, 0.2) is 0 Å². The Morgan fingerprint density at radius 1 is 0.620 bits per heavy atom. The molecule has 4 rings (SSSR count). The number of nitrogens with one attached hydrogen (secondary N) is 3. The van der Waals surface area contributed by atoms with E-state index in [0.717, 1.165) is 20.8 Å². The van der Waals surface area contributed by atoms with Crippen molar-refractivity contribution in [1.82, 2.24) is 16.0 Å². The summed E-state index contributed by atoms with van der Waals surface area (Å²) in [6, 6.07) is -5.07. The standard InChI is InChI=1S/C39H67N3O29/c1-11(48)40-14(5-43)31(24(55)17(53)10-64-39(38(62)63)4-15(51)21(41-12(2)49)34(71-39)23(54)16(52)6-44)68-37-30(61)28(59)32(20(9-47)67-37)69-35-22(42-13(3)50)33(26(57)19(8-46)65-35)70-36-29(60)27(58)25(56)18(7-45)66-36/h14-37,43-47,51-61H,4-10H2,1-3H3,(H,40,48)(H,41,49)(H,42,50)(H,62,63)/t14-,15-,16+,17+,18+,19+,20+,21+,22+,23+,24-,25-,26-,27-,28+,29+,30+,31+,32-,33+,34+,35+,36-,37-,39+/m0/s1. The summed E-state index contributed by atoms with van der Waals surface area (Å²) < 4.78 is 45.1. The Kier molecular flexibility index (Phi) is 22.5. The molecule has 4 aliphatic rings. The molecule has 4 saturated heterocycles. The zero-order valence-electron chi connectivity index (χ0n) is 38.3. The average Bonchev–Trinajstić information content (AvgIpc) is 3.32. The highest BCUT2D eigenvalue weighted by Crippen LogP contribution is 2.36. The topological polar surface area (TPSA) is 522 Å². The number of rotatable bonds is 23. The molecule has 4 fully saturated rings. The molecule has 0 aliphatic carbocycles. The quantitative estimate of drug-likeness (QED) is 0.0452. The number of carboxylic acid groups (broad SMARTS) is 1. The molecule has 3 amide bonds. The number of amides is 3. The average molecular weight is 1040 g/mol. The zero-order chi connectivity index (χ0) is 53.4. The molecule has 0 bridgehead atoms. The number of carbonyl (C=O) groups is 4. The van der Waals surface area contributed by atoms with E-state index in [1.807, 2.05) is 0 Å². The first-order valence-corrected chi connectivity index (χ1v) is 22.1. The van der Waals surface area contributed by atoms with Crippen molar-refractivity contribution in [2.75, 3.05) is 39.6 Å². The van der Waals surface area contributed by atoms with Crippen LogP contribution < -0.4 is 16.0 Å². The molecule has 32 nitrogen and oxygen atoms in total. The van der Waals surface area contributed by atoms with E-state index in [1.165, 1.54) is 0 Å². The van der Waals surface area contributed by atoms with E-state index in [0.29, 0.717) is 0 Å². The van der Waals surface area contributed by atoms with Crippen LogP contribution in [0.2, 0.25) is 0 Å². The highest BCUT2D eigenvalue weighted by Gasteiger charge is 2.58. The number of carboxylic acids is 1. The van der Waals surface area contributed by atoms with Gasteiger partial charge in [-0.15, -0.1) is 0 Å². The first-order valence-electron chi connectivity index (χ1n) is 22.1. The Bertz CT molecular complexity index is 1720. The molecule has 4 heterocycles. The van der Waals surface area contributed by atoms with E-state index < -0.39 is 222 Å². The van der Waals surface area contributed by atoms with Gasteiger partial charge < -0.3 is 141 Å². The SMILES string of the molecule is CC(=O)N[C@H]1[C@@H](O[C@@H]2[C@H](O)[C@@H](O)[C@H](O[C@@H]([C@@H](O)[C@H](O)CO[C@]3(C(=O)O)C[C@H](O)[C@@H](NC(C)=O)[C@H]([C@H](O)[C@H](O)CO)O3)[C@H](CO)NC(C)=O)O[C@@H]2CO)O[C@H](CO)[C@H](O)[C@@H]1O[C@@H]1O[C@H](CO)[C@H](O)[C@H](O)[C@H]1O. The van der Waals surface area contributed by atoms with Crippen LogP contribution in [0.1, 0.15) is 27.2 Å². The number of ether oxygens (including phenoxy) is 8. The first-order chi connectivity index (χ1) is 33.3. The highest BCUT2D eigenvalue weighted by atomic mass is 16.8. The Hall–Kier alpha value is -3.08. The van der Waals surface area contributed by atoms with Gasteiger partial charge >= 0.3 is 5.97 Å². The second kappa shape index (κ2) is 26.4. The molecular weight excluding hydrogens is 974 g/mol. The lowest BCUT2D eigenvalue weighted by Crippen LogP contribution is -2.70. The van der Waals surface area contributed by atoms with Crippen LogP contribution in [0.5, 0.6) is 0 Å². The second-order valence-corrected chi connectivity index (χ2v) is 17.4. The Morgan fingerprint density at radius 2 is 1.15 bits per heavy atom. The van der Waals surface area contributed by atoms with Crippen molar-refractivity contribution in [3.8, 4) is 0 Å². The number of hydrogen-bond acceptors (Lipinski definition) is 28. The van der Waals surface area contributed by atoms with Crippen LogP contribution in [0, 0.1) is 0 Å². The van der Waals surface area contributed by atoms with Gasteiger partial charge in [0.2, 0.25) is 17.7 Å². The lowest BCUT2D eigenvalue weighted by atomic mass is 9.88. The minimum Gasteiger partial charge on any atom is -0.477 e. The monoisotopic (exact) mass is 1040 g/mol. The number of hydrogen-bond donors (Lipinski definition) is 20. The van der Waals surface area contributed by atoms with Crippen molar-refractivity contribution in [3.05, 3.63) is 0 Å². The third kappa shape index (κ3) is 14.2. The van der Waals surface area contributed by atoms with E-state index in [2.05, 4.69) is 16.0 Å². The number of carbonyl (C=O) groups excluding carboxylic acids is 3. The summed E-state index contributed by atoms with van der Waals surface area (Å²) in [7, 11) is 0. The summed E-state index contributed by atoms with van der Waals surface area (Å²) in [6.45, 7) is -3.52. The minimum atomic E-state index is -3.03. The van der Waals surface area contributed by atoms with Gasteiger partial charge in [-0.3, -0.25) is 14.4 Å². The minimum absolute atomic E-state index is 0.797. The number of aliphatic carboxylic acids is 1. The van der Waals surface area contributed by atoms with Crippen LogP contribution in [0.25, 0.3) is 0 Å². The van der Waals surface area contributed by atoms with Crippen LogP contribution in [-0.4, -0.2) is 303 Å². The maximum Gasteiger partial charge on any atom is 0.364 e. The van der Waals surface area contributed by atoms with Crippen LogP contribution >= 0.6 is 0 Å². The van der Waals surface area contributed by atoms with E-state index in [-0.39, 0.29) is 0 Å². The third-order valence-electron chi connectivity index (χ3n) is 12.2. The van der Waals surface area contributed by atoms with Gasteiger partial charge in [0.25, 0.3) is 5.79 Å². The molecule has 412 valence electrons. The summed E-state index contributed by atoms with van der Waals surface area (Å²) in [6.07, 6.45) is -43.2. The molecule has 0 aromatic heterocycles. The predicted molar refractivity (Wildman–Crippen MR) is 221 cm³/mol. The van der Waals surface area contributed by atoms with Crippen molar-refractivity contribution in [2.45, 2.75) is 180 Å². The zero-order valence-corrected chi connectivity index (χ0v) is 38.3. The van der Waals surface area contributed by atoms with E-state index in [4.69, 9.17) is 37.9 Å². The predicted octanol–water partition coefficient (Wildman–Crippen LogP) is -12.7. The summed E-state index contributed by atoms with van der Waals surface area (Å²) in [5.74, 6) is -7.55. The van der Waals surface area contributed by atoms with Crippen LogP contribution in [0.4, 0.5) is 0 Å². The van der Waals surface area contributed by atoms with Crippen molar-refractivity contribution < 1.29 is 144 Å². The van der Waals surface area contributed by atoms with Crippen molar-refractivity contribution in [2.24, 2.45) is 0 Å². The fourth-order valence-corrected chi connectivity index (χ4v) is 8.43. The van der Waals surface area contributed by atoms with Gasteiger partial charge in [-0.25, -0.2) is 4.79 Å². The van der Waals surface area contributed by atoms with Crippen molar-refractivity contribution >= 4 is 23.7 Å². The van der Waals surface area contributed by atoms with Gasteiger partial charge in [0.15, 0.2) is 18.9 Å². The Morgan fingerprint density at radius 3 is 1.69 bits per heavy atom. The molecule has 0 saturated carbocycles. The maximum atomic E-state index is 12.7. The molecule has 0 aromatic rings. The Balaban J connectivity index is 1.59. The molecular formula is C39H67N3O29. The van der Waals surface area contributed by atoms with E-state index in [9.17, 15) is 106 Å². The first kappa shape index (κ1) is 60.5. The second-order valence-electron chi connectivity index (χ2n) is 17.4. The van der Waals surface area contributed by atoms with Crippen molar-refractivity contribution in [3.63, 3.8) is 0 Å². The summed E-state index contributed by atoms with van der Waals surface area (Å²) in [5.41, 5.74) is 0. The van der Waals surface area contributed by atoms with Gasteiger partial charge in [-0.1, -0.05) is 0 Å². The highest BCUT2D eigenvalue weighted by molar-refractivity contribution is 5.76. The van der Waals surface area contributed by atoms with E-state index in [1.54, 1.807) is 0 Å². The summed E-state index contributed by atoms with van der Waals surface area (Å²) in [5, 5.41) is 187. The molecule has 0 unspecified atom stereocenters. The lowest BCUT2D eigenvalue weighted by molar-refractivity contribution is -0.370. The maximum absolute atomic E-state index is 12.7.